The van der Waals surface area contributed by atoms with Crippen LogP contribution in [-0.4, -0.2) is 36.0 Å². The molecule has 120 valence electrons. The molecule has 0 aliphatic heterocycles. The molecule has 1 amide bonds. The molecular formula is C15H20N2O5. The van der Waals surface area contributed by atoms with Crippen LogP contribution < -0.4 is 11.1 Å². The first-order valence-electron chi connectivity index (χ1n) is 6.96. The molecule has 4 N–H and O–H groups in total. The van der Waals surface area contributed by atoms with E-state index in [4.69, 9.17) is 15.6 Å². The molecule has 0 aromatic heterocycles. The SMILES string of the molecule is N[C@@H](CCCCNC(=O)OCc1ccccc1C=O)C(=O)O. The summed E-state index contributed by atoms with van der Waals surface area (Å²) in [6.07, 6.45) is 1.70. The van der Waals surface area contributed by atoms with Gasteiger partial charge < -0.3 is 20.9 Å². The molecule has 0 heterocycles. The highest BCUT2D eigenvalue weighted by Crippen LogP contribution is 2.07. The van der Waals surface area contributed by atoms with Gasteiger partial charge in [-0.2, -0.15) is 0 Å². The van der Waals surface area contributed by atoms with E-state index in [0.29, 0.717) is 43.2 Å². The molecule has 1 rings (SSSR count). The quantitative estimate of drug-likeness (QED) is 0.467. The number of rotatable bonds is 9. The van der Waals surface area contributed by atoms with Gasteiger partial charge >= 0.3 is 12.1 Å². The monoisotopic (exact) mass is 308 g/mol. The number of ether oxygens (including phenoxy) is 1. The lowest BCUT2D eigenvalue weighted by Gasteiger charge is -2.09. The van der Waals surface area contributed by atoms with Crippen LogP contribution in [0, 0.1) is 0 Å². The van der Waals surface area contributed by atoms with E-state index < -0.39 is 18.1 Å². The van der Waals surface area contributed by atoms with Crippen LogP contribution in [0.2, 0.25) is 0 Å². The van der Waals surface area contributed by atoms with Gasteiger partial charge in [0.2, 0.25) is 0 Å². The molecule has 7 heteroatoms. The number of unbranched alkanes of at least 4 members (excludes halogenated alkanes) is 1. The molecule has 22 heavy (non-hydrogen) atoms. The molecule has 0 bridgehead atoms. The third-order valence-corrected chi connectivity index (χ3v) is 3.07. The first-order chi connectivity index (χ1) is 10.5. The van der Waals surface area contributed by atoms with E-state index in [0.717, 1.165) is 0 Å². The van der Waals surface area contributed by atoms with Gasteiger partial charge in [-0.3, -0.25) is 9.59 Å². The van der Waals surface area contributed by atoms with Crippen molar-refractivity contribution < 1.29 is 24.2 Å². The number of carbonyl (C=O) groups is 3. The van der Waals surface area contributed by atoms with E-state index in [1.165, 1.54) is 0 Å². The van der Waals surface area contributed by atoms with Crippen molar-refractivity contribution in [1.29, 1.82) is 0 Å². The number of hydrogen-bond donors (Lipinski definition) is 3. The highest BCUT2D eigenvalue weighted by molar-refractivity contribution is 5.77. The Morgan fingerprint density at radius 2 is 2.05 bits per heavy atom. The average Bonchev–Trinajstić information content (AvgIpc) is 2.52. The van der Waals surface area contributed by atoms with Crippen molar-refractivity contribution in [3.05, 3.63) is 35.4 Å². The highest BCUT2D eigenvalue weighted by Gasteiger charge is 2.10. The second-order valence-corrected chi connectivity index (χ2v) is 4.76. The third-order valence-electron chi connectivity index (χ3n) is 3.07. The zero-order valence-corrected chi connectivity index (χ0v) is 12.2. The van der Waals surface area contributed by atoms with E-state index in [1.54, 1.807) is 24.3 Å². The number of carboxylic acid groups (broad SMARTS) is 1. The maximum atomic E-state index is 11.5. The number of hydrogen-bond acceptors (Lipinski definition) is 5. The predicted octanol–water partition coefficient (Wildman–Crippen LogP) is 1.31. The molecular weight excluding hydrogens is 288 g/mol. The van der Waals surface area contributed by atoms with Gasteiger partial charge in [0, 0.05) is 12.1 Å². The molecule has 7 nitrogen and oxygen atoms in total. The van der Waals surface area contributed by atoms with E-state index in [-0.39, 0.29) is 6.61 Å². The number of aldehydes is 1. The summed E-state index contributed by atoms with van der Waals surface area (Å²) in [5, 5.41) is 11.2. The van der Waals surface area contributed by atoms with Crippen LogP contribution in [0.1, 0.15) is 35.2 Å². The molecule has 0 fully saturated rings. The Labute approximate surface area is 128 Å². The summed E-state index contributed by atoms with van der Waals surface area (Å²) < 4.78 is 5.01. The lowest BCUT2D eigenvalue weighted by Crippen LogP contribution is -2.30. The second-order valence-electron chi connectivity index (χ2n) is 4.76. The van der Waals surface area contributed by atoms with E-state index >= 15 is 0 Å². The fourth-order valence-corrected chi connectivity index (χ4v) is 1.78. The van der Waals surface area contributed by atoms with Crippen molar-refractivity contribution in [2.45, 2.75) is 31.9 Å². The van der Waals surface area contributed by atoms with Crippen LogP contribution in [0.4, 0.5) is 4.79 Å². The van der Waals surface area contributed by atoms with Crippen LogP contribution >= 0.6 is 0 Å². The van der Waals surface area contributed by atoms with E-state index in [9.17, 15) is 14.4 Å². The molecule has 0 saturated heterocycles. The zero-order chi connectivity index (χ0) is 16.4. The van der Waals surface area contributed by atoms with Gasteiger partial charge in [-0.05, 0) is 24.8 Å². The first-order valence-corrected chi connectivity index (χ1v) is 6.96. The highest BCUT2D eigenvalue weighted by atomic mass is 16.5. The Bertz CT molecular complexity index is 518. The van der Waals surface area contributed by atoms with Crippen LogP contribution in [0.5, 0.6) is 0 Å². The summed E-state index contributed by atoms with van der Waals surface area (Å²) in [4.78, 5) is 32.8. The summed E-state index contributed by atoms with van der Waals surface area (Å²) >= 11 is 0. The topological polar surface area (TPSA) is 119 Å². The summed E-state index contributed by atoms with van der Waals surface area (Å²) in [6.45, 7) is 0.394. The number of carbonyl (C=O) groups excluding carboxylic acids is 2. The Balaban J connectivity index is 2.19. The minimum atomic E-state index is -1.03. The fourth-order valence-electron chi connectivity index (χ4n) is 1.78. The van der Waals surface area contributed by atoms with Crippen molar-refractivity contribution >= 4 is 18.3 Å². The van der Waals surface area contributed by atoms with Crippen molar-refractivity contribution in [3.8, 4) is 0 Å². The predicted molar refractivity (Wildman–Crippen MR) is 79.5 cm³/mol. The maximum absolute atomic E-state index is 11.5. The largest absolute Gasteiger partial charge is 0.480 e. The second kappa shape index (κ2) is 9.51. The lowest BCUT2D eigenvalue weighted by atomic mass is 10.1. The van der Waals surface area contributed by atoms with Gasteiger partial charge in [0.25, 0.3) is 0 Å². The standard InChI is InChI=1S/C15H20N2O5/c16-13(14(19)20)7-3-4-8-17-15(21)22-10-12-6-2-1-5-11(12)9-18/h1-2,5-6,9,13H,3-4,7-8,10,16H2,(H,17,21)(H,19,20)/t13-/m0/s1. The Kier molecular flexibility index (Phi) is 7.63. The fraction of sp³-hybridized carbons (Fsp3) is 0.400. The lowest BCUT2D eigenvalue weighted by molar-refractivity contribution is -0.138. The first kappa shape index (κ1) is 17.6. The summed E-state index contributed by atoms with van der Waals surface area (Å²) in [5.74, 6) is -1.03. The van der Waals surface area contributed by atoms with E-state index in [2.05, 4.69) is 5.32 Å². The molecule has 1 atom stereocenters. The Morgan fingerprint density at radius 3 is 2.73 bits per heavy atom. The van der Waals surface area contributed by atoms with Gasteiger partial charge in [0.15, 0.2) is 0 Å². The minimum Gasteiger partial charge on any atom is -0.480 e. The zero-order valence-electron chi connectivity index (χ0n) is 12.2. The number of aliphatic carboxylic acids is 1. The van der Waals surface area contributed by atoms with Gasteiger partial charge in [-0.1, -0.05) is 24.3 Å². The van der Waals surface area contributed by atoms with Crippen LogP contribution in [0.3, 0.4) is 0 Å². The molecule has 0 saturated carbocycles. The average molecular weight is 308 g/mol. The molecule has 0 aliphatic carbocycles. The third kappa shape index (κ3) is 6.36. The number of amides is 1. The summed E-state index contributed by atoms with van der Waals surface area (Å²) in [7, 11) is 0. The van der Waals surface area contributed by atoms with Crippen LogP contribution in [0.25, 0.3) is 0 Å². The smallest absolute Gasteiger partial charge is 0.407 e. The molecule has 0 aliphatic rings. The molecule has 0 radical (unpaired) electrons. The van der Waals surface area contributed by atoms with Crippen molar-refractivity contribution in [3.63, 3.8) is 0 Å². The van der Waals surface area contributed by atoms with Gasteiger partial charge in [0.05, 0.1) is 0 Å². The Hall–Kier alpha value is -2.41. The number of carboxylic acids is 1. The number of nitrogens with two attached hydrogens (primary N) is 1. The summed E-state index contributed by atoms with van der Waals surface area (Å²) in [5.41, 5.74) is 6.48. The number of alkyl carbamates (subject to hydrolysis) is 1. The molecule has 0 spiro atoms. The Morgan fingerprint density at radius 1 is 1.32 bits per heavy atom. The van der Waals surface area contributed by atoms with Crippen molar-refractivity contribution in [1.82, 2.24) is 5.32 Å². The van der Waals surface area contributed by atoms with Crippen LogP contribution in [-0.2, 0) is 16.1 Å². The van der Waals surface area contributed by atoms with E-state index in [1.807, 2.05) is 0 Å². The molecule has 1 aromatic rings. The number of nitrogens with one attached hydrogen (secondary N) is 1. The number of benzene rings is 1. The molecule has 1 aromatic carbocycles. The summed E-state index contributed by atoms with van der Waals surface area (Å²) in [6, 6.07) is 5.98. The van der Waals surface area contributed by atoms with Gasteiger partial charge in [-0.25, -0.2) is 4.79 Å². The minimum absolute atomic E-state index is 0.0185. The van der Waals surface area contributed by atoms with Gasteiger partial charge in [0.1, 0.15) is 18.9 Å². The van der Waals surface area contributed by atoms with Crippen molar-refractivity contribution in [2.75, 3.05) is 6.54 Å². The normalized spacial score (nSPS) is 11.5. The van der Waals surface area contributed by atoms with Crippen LogP contribution in [0.15, 0.2) is 24.3 Å². The van der Waals surface area contributed by atoms with Gasteiger partial charge in [-0.15, -0.1) is 0 Å². The molecule has 0 unspecified atom stereocenters. The van der Waals surface area contributed by atoms with Crippen molar-refractivity contribution in [2.24, 2.45) is 5.73 Å². The maximum Gasteiger partial charge on any atom is 0.407 e.